The fourth-order valence-electron chi connectivity index (χ4n) is 2.16. The molecule has 1 nitrogen and oxygen atoms in total. The van der Waals surface area contributed by atoms with Crippen LogP contribution in [0.3, 0.4) is 0 Å². The SMILES string of the molecule is COc1ccc(C#C[Se]c2cccc3cccc(Br)c23)cc1. The maximum atomic E-state index is 5.15. The summed E-state index contributed by atoms with van der Waals surface area (Å²) in [6.45, 7) is 0. The Morgan fingerprint density at radius 1 is 0.955 bits per heavy atom. The zero-order chi connectivity index (χ0) is 15.4. The molecule has 108 valence electrons. The van der Waals surface area contributed by atoms with Gasteiger partial charge in [-0.05, 0) is 0 Å². The Hall–Kier alpha value is -1.72. The van der Waals surface area contributed by atoms with Gasteiger partial charge in [0.25, 0.3) is 0 Å². The molecule has 0 saturated carbocycles. The molecule has 0 bridgehead atoms. The fourth-order valence-corrected chi connectivity index (χ4v) is 4.64. The summed E-state index contributed by atoms with van der Waals surface area (Å²) in [4.78, 5) is 3.33. The van der Waals surface area contributed by atoms with Crippen molar-refractivity contribution in [1.29, 1.82) is 0 Å². The topological polar surface area (TPSA) is 9.23 Å². The minimum atomic E-state index is 0.114. The van der Waals surface area contributed by atoms with Gasteiger partial charge in [0.15, 0.2) is 0 Å². The second kappa shape index (κ2) is 7.03. The first kappa shape index (κ1) is 15.2. The van der Waals surface area contributed by atoms with E-state index in [0.717, 1.165) is 15.8 Å². The third kappa shape index (κ3) is 3.36. The molecule has 3 heteroatoms. The average molecular weight is 416 g/mol. The van der Waals surface area contributed by atoms with Crippen molar-refractivity contribution in [3.63, 3.8) is 0 Å². The second-order valence-electron chi connectivity index (χ2n) is 4.65. The Morgan fingerprint density at radius 3 is 2.41 bits per heavy atom. The van der Waals surface area contributed by atoms with E-state index >= 15 is 0 Å². The number of halogens is 1. The summed E-state index contributed by atoms with van der Waals surface area (Å²) in [5.41, 5.74) is 1.02. The molecule has 3 rings (SSSR count). The zero-order valence-corrected chi connectivity index (χ0v) is 15.3. The van der Waals surface area contributed by atoms with Crippen LogP contribution in [-0.2, 0) is 0 Å². The molecule has 0 spiro atoms. The van der Waals surface area contributed by atoms with Crippen molar-refractivity contribution in [1.82, 2.24) is 0 Å². The molecule has 0 N–H and O–H groups in total. The molecule has 0 aliphatic carbocycles. The average Bonchev–Trinajstić information content (AvgIpc) is 2.56. The van der Waals surface area contributed by atoms with Gasteiger partial charge >= 0.3 is 145 Å². The van der Waals surface area contributed by atoms with Crippen molar-refractivity contribution < 1.29 is 4.74 Å². The van der Waals surface area contributed by atoms with Gasteiger partial charge in [-0.15, -0.1) is 0 Å². The van der Waals surface area contributed by atoms with Gasteiger partial charge in [0.2, 0.25) is 0 Å². The number of methoxy groups -OCH3 is 1. The Labute approximate surface area is 145 Å². The van der Waals surface area contributed by atoms with Gasteiger partial charge < -0.3 is 0 Å². The fraction of sp³-hybridized carbons (Fsp3) is 0.0526. The van der Waals surface area contributed by atoms with Crippen molar-refractivity contribution in [2.45, 2.75) is 0 Å². The van der Waals surface area contributed by atoms with E-state index < -0.39 is 0 Å². The molecule has 0 aliphatic rings. The first-order chi connectivity index (χ1) is 10.8. The van der Waals surface area contributed by atoms with Crippen molar-refractivity contribution in [3.05, 3.63) is 70.7 Å². The van der Waals surface area contributed by atoms with E-state index in [1.807, 2.05) is 24.3 Å². The zero-order valence-electron chi connectivity index (χ0n) is 12.0. The first-order valence-corrected chi connectivity index (χ1v) is 9.28. The van der Waals surface area contributed by atoms with Crippen molar-refractivity contribution in [2.24, 2.45) is 0 Å². The minimum absolute atomic E-state index is 0.114. The Kier molecular flexibility index (Phi) is 4.85. The predicted octanol–water partition coefficient (Wildman–Crippen LogP) is 3.95. The van der Waals surface area contributed by atoms with Gasteiger partial charge in [-0.2, -0.15) is 0 Å². The van der Waals surface area contributed by atoms with E-state index in [1.54, 1.807) is 7.11 Å². The van der Waals surface area contributed by atoms with Crippen molar-refractivity contribution in [3.8, 4) is 16.5 Å². The normalized spacial score (nSPS) is 10.1. The molecule has 0 amide bonds. The number of ether oxygens (including phenoxy) is 1. The summed E-state index contributed by atoms with van der Waals surface area (Å²) in [5.74, 6) is 4.09. The Balaban J connectivity index is 1.87. The van der Waals surface area contributed by atoms with Gasteiger partial charge in [0.05, 0.1) is 0 Å². The standard InChI is InChI=1S/C19H13BrOSe/c1-21-16-10-8-14(9-11-16)12-13-22-18-7-3-5-15-4-2-6-17(20)19(15)18/h2-11H,1H3. The molecule has 0 aromatic heterocycles. The van der Waals surface area contributed by atoms with Gasteiger partial charge in [0, 0.05) is 0 Å². The number of hydrogen-bond donors (Lipinski definition) is 0. The Morgan fingerprint density at radius 2 is 1.68 bits per heavy atom. The molecule has 0 heterocycles. The summed E-state index contributed by atoms with van der Waals surface area (Å²) < 4.78 is 7.59. The molecule has 0 aliphatic heterocycles. The molecule has 0 saturated heterocycles. The van der Waals surface area contributed by atoms with E-state index in [4.69, 9.17) is 4.74 Å². The summed E-state index contributed by atoms with van der Waals surface area (Å²) >= 11 is 3.76. The monoisotopic (exact) mass is 416 g/mol. The molecule has 0 radical (unpaired) electrons. The molecule has 0 fully saturated rings. The molecular formula is C19H13BrOSe. The van der Waals surface area contributed by atoms with Crippen LogP contribution in [0.4, 0.5) is 0 Å². The number of fused-ring (bicyclic) bond motifs is 1. The van der Waals surface area contributed by atoms with E-state index in [1.165, 1.54) is 15.2 Å². The summed E-state index contributed by atoms with van der Waals surface area (Å²) in [6.07, 6.45) is 0. The van der Waals surface area contributed by atoms with Crippen molar-refractivity contribution in [2.75, 3.05) is 7.11 Å². The third-order valence-electron chi connectivity index (χ3n) is 3.26. The molecule has 0 atom stereocenters. The Bertz CT molecular complexity index is 855. The van der Waals surface area contributed by atoms with Crippen LogP contribution in [0.5, 0.6) is 5.75 Å². The summed E-state index contributed by atoms with van der Waals surface area (Å²) in [6, 6.07) is 20.5. The number of hydrogen-bond acceptors (Lipinski definition) is 1. The second-order valence-corrected chi connectivity index (χ2v) is 7.29. The van der Waals surface area contributed by atoms with Crippen LogP contribution >= 0.6 is 15.9 Å². The van der Waals surface area contributed by atoms with Crippen molar-refractivity contribution >= 4 is 46.1 Å². The van der Waals surface area contributed by atoms with Gasteiger partial charge in [-0.1, -0.05) is 0 Å². The van der Waals surface area contributed by atoms with Crippen LogP contribution in [-0.4, -0.2) is 22.1 Å². The number of benzene rings is 3. The first-order valence-electron chi connectivity index (χ1n) is 6.77. The van der Waals surface area contributed by atoms with Gasteiger partial charge in [-0.3, -0.25) is 0 Å². The quantitative estimate of drug-likeness (QED) is 0.454. The van der Waals surface area contributed by atoms with E-state index in [-0.39, 0.29) is 15.0 Å². The van der Waals surface area contributed by atoms with Crippen LogP contribution in [0.1, 0.15) is 5.56 Å². The van der Waals surface area contributed by atoms with Crippen LogP contribution < -0.4 is 9.20 Å². The molecule has 22 heavy (non-hydrogen) atoms. The van der Waals surface area contributed by atoms with Crippen LogP contribution in [0.15, 0.2) is 65.1 Å². The van der Waals surface area contributed by atoms with Crippen LogP contribution in [0.25, 0.3) is 10.8 Å². The van der Waals surface area contributed by atoms with Crippen LogP contribution in [0, 0.1) is 10.7 Å². The van der Waals surface area contributed by atoms with Gasteiger partial charge in [-0.25, -0.2) is 0 Å². The van der Waals surface area contributed by atoms with E-state index in [0.29, 0.717) is 0 Å². The molecule has 0 unspecified atom stereocenters. The third-order valence-corrected chi connectivity index (χ3v) is 5.53. The maximum absolute atomic E-state index is 5.15. The predicted molar refractivity (Wildman–Crippen MR) is 96.9 cm³/mol. The molecular weight excluding hydrogens is 403 g/mol. The van der Waals surface area contributed by atoms with Crippen LogP contribution in [0.2, 0.25) is 0 Å². The summed E-state index contributed by atoms with van der Waals surface area (Å²) in [7, 11) is 1.67. The summed E-state index contributed by atoms with van der Waals surface area (Å²) in [5, 5.41) is 2.52. The van der Waals surface area contributed by atoms with E-state index in [2.05, 4.69) is 63.1 Å². The number of rotatable bonds is 2. The van der Waals surface area contributed by atoms with Gasteiger partial charge in [0.1, 0.15) is 0 Å². The van der Waals surface area contributed by atoms with E-state index in [9.17, 15) is 0 Å². The molecule has 3 aromatic carbocycles. The molecule has 3 aromatic rings.